The third kappa shape index (κ3) is 4.53. The number of hydrogen-bond donors (Lipinski definition) is 3. The molecule has 2 aromatic rings. The van der Waals surface area contributed by atoms with Gasteiger partial charge in [-0.2, -0.15) is 0 Å². The van der Waals surface area contributed by atoms with Crippen LogP contribution in [0.5, 0.6) is 0 Å². The molecule has 3 rings (SSSR count). The number of carbonyl (C=O) groups excluding carboxylic acids is 1. The first-order valence-corrected chi connectivity index (χ1v) is 8.75. The lowest BCUT2D eigenvalue weighted by molar-refractivity contribution is 0.212. The predicted molar refractivity (Wildman–Crippen MR) is 90.3 cm³/mol. The number of nitrogens with one attached hydrogen (secondary N) is 2. The molecule has 0 bridgehead atoms. The molecule has 2 amide bonds. The second kappa shape index (κ2) is 7.57. The summed E-state index contributed by atoms with van der Waals surface area (Å²) < 4.78 is 0. The maximum absolute atomic E-state index is 12.3. The van der Waals surface area contributed by atoms with Gasteiger partial charge in [-0.05, 0) is 30.7 Å². The van der Waals surface area contributed by atoms with E-state index in [9.17, 15) is 9.90 Å². The first kappa shape index (κ1) is 16.0. The molecule has 3 N–H and O–H groups in total. The zero-order valence-corrected chi connectivity index (χ0v) is 13.6. The Bertz CT molecular complexity index is 614. The highest BCUT2D eigenvalue weighted by Gasteiger charge is 2.35. The maximum atomic E-state index is 12.3. The SMILES string of the molecule is O=C(NC(CO)Cc1ccccc1)NC(c1nccs1)C1CC1. The van der Waals surface area contributed by atoms with Crippen molar-refractivity contribution in [2.24, 2.45) is 5.92 Å². The van der Waals surface area contributed by atoms with Crippen LogP contribution in [0, 0.1) is 5.92 Å². The molecule has 5 nitrogen and oxygen atoms in total. The Hall–Kier alpha value is -1.92. The first-order chi connectivity index (χ1) is 11.3. The van der Waals surface area contributed by atoms with E-state index in [-0.39, 0.29) is 24.7 Å². The summed E-state index contributed by atoms with van der Waals surface area (Å²) in [6.07, 6.45) is 4.62. The number of aliphatic hydroxyl groups is 1. The molecule has 1 aromatic carbocycles. The van der Waals surface area contributed by atoms with E-state index in [1.54, 1.807) is 17.5 Å². The van der Waals surface area contributed by atoms with Crippen molar-refractivity contribution >= 4 is 17.4 Å². The summed E-state index contributed by atoms with van der Waals surface area (Å²) >= 11 is 1.57. The number of urea groups is 1. The topological polar surface area (TPSA) is 74.2 Å². The van der Waals surface area contributed by atoms with Crippen molar-refractivity contribution in [2.45, 2.75) is 31.3 Å². The van der Waals surface area contributed by atoms with E-state index in [0.29, 0.717) is 12.3 Å². The molecule has 1 aromatic heterocycles. The van der Waals surface area contributed by atoms with Crippen LogP contribution in [0.2, 0.25) is 0 Å². The zero-order valence-electron chi connectivity index (χ0n) is 12.8. The number of rotatable bonds is 7. The summed E-state index contributed by atoms with van der Waals surface area (Å²) in [5, 5.41) is 18.3. The monoisotopic (exact) mass is 331 g/mol. The molecule has 2 atom stereocenters. The van der Waals surface area contributed by atoms with Gasteiger partial charge in [0.05, 0.1) is 18.7 Å². The Morgan fingerprint density at radius 2 is 2.09 bits per heavy atom. The molecule has 1 aliphatic carbocycles. The highest BCUT2D eigenvalue weighted by atomic mass is 32.1. The number of carbonyl (C=O) groups is 1. The molecule has 1 aliphatic rings. The van der Waals surface area contributed by atoms with Crippen molar-refractivity contribution < 1.29 is 9.90 Å². The van der Waals surface area contributed by atoms with Gasteiger partial charge in [-0.15, -0.1) is 11.3 Å². The van der Waals surface area contributed by atoms with Crippen LogP contribution in [0.4, 0.5) is 4.79 Å². The number of aromatic nitrogens is 1. The van der Waals surface area contributed by atoms with Gasteiger partial charge in [0.2, 0.25) is 0 Å². The van der Waals surface area contributed by atoms with E-state index in [1.807, 2.05) is 35.7 Å². The van der Waals surface area contributed by atoms with Crippen LogP contribution in [-0.4, -0.2) is 28.8 Å². The van der Waals surface area contributed by atoms with Gasteiger partial charge in [0.25, 0.3) is 0 Å². The van der Waals surface area contributed by atoms with Gasteiger partial charge in [-0.1, -0.05) is 30.3 Å². The van der Waals surface area contributed by atoms with Crippen molar-refractivity contribution in [3.05, 3.63) is 52.5 Å². The number of hydrogen-bond acceptors (Lipinski definition) is 4. The van der Waals surface area contributed by atoms with Gasteiger partial charge >= 0.3 is 6.03 Å². The molecule has 0 spiro atoms. The van der Waals surface area contributed by atoms with Gasteiger partial charge in [0.15, 0.2) is 0 Å². The van der Waals surface area contributed by atoms with E-state index >= 15 is 0 Å². The number of benzene rings is 1. The molecule has 1 saturated carbocycles. The third-order valence-electron chi connectivity index (χ3n) is 3.98. The van der Waals surface area contributed by atoms with E-state index in [0.717, 1.165) is 23.4 Å². The number of thiazole rings is 1. The summed E-state index contributed by atoms with van der Waals surface area (Å²) in [5.74, 6) is 0.480. The van der Waals surface area contributed by atoms with Crippen LogP contribution >= 0.6 is 11.3 Å². The predicted octanol–water partition coefficient (Wildman–Crippen LogP) is 2.50. The Morgan fingerprint density at radius 1 is 1.30 bits per heavy atom. The minimum absolute atomic E-state index is 0.0222. The smallest absolute Gasteiger partial charge is 0.315 e. The summed E-state index contributed by atoms with van der Waals surface area (Å²) in [4.78, 5) is 16.6. The van der Waals surface area contributed by atoms with E-state index in [4.69, 9.17) is 0 Å². The van der Waals surface area contributed by atoms with Crippen LogP contribution in [-0.2, 0) is 6.42 Å². The Balaban J connectivity index is 1.56. The molecule has 122 valence electrons. The second-order valence-electron chi connectivity index (χ2n) is 5.87. The Labute approximate surface area is 139 Å². The lowest BCUT2D eigenvalue weighted by Gasteiger charge is -2.20. The first-order valence-electron chi connectivity index (χ1n) is 7.87. The molecule has 2 unspecified atom stereocenters. The summed E-state index contributed by atoms with van der Waals surface area (Å²) in [5.41, 5.74) is 1.09. The number of aliphatic hydroxyl groups excluding tert-OH is 1. The fourth-order valence-corrected chi connectivity index (χ4v) is 3.41. The number of nitrogens with zero attached hydrogens (tertiary/aromatic N) is 1. The van der Waals surface area contributed by atoms with Gasteiger partial charge in [0.1, 0.15) is 5.01 Å². The Kier molecular flexibility index (Phi) is 5.25. The summed E-state index contributed by atoms with van der Waals surface area (Å²) in [6.45, 7) is -0.0896. The largest absolute Gasteiger partial charge is 0.394 e. The molecule has 0 aliphatic heterocycles. The number of amides is 2. The maximum Gasteiger partial charge on any atom is 0.315 e. The third-order valence-corrected chi connectivity index (χ3v) is 4.84. The molecular formula is C17H21N3O2S. The van der Waals surface area contributed by atoms with E-state index < -0.39 is 0 Å². The van der Waals surface area contributed by atoms with Crippen molar-refractivity contribution in [1.82, 2.24) is 15.6 Å². The fraction of sp³-hybridized carbons (Fsp3) is 0.412. The molecule has 0 radical (unpaired) electrons. The van der Waals surface area contributed by atoms with Crippen molar-refractivity contribution in [2.75, 3.05) is 6.61 Å². The highest BCUT2D eigenvalue weighted by molar-refractivity contribution is 7.09. The normalized spacial score (nSPS) is 16.6. The Morgan fingerprint density at radius 3 is 2.70 bits per heavy atom. The second-order valence-corrected chi connectivity index (χ2v) is 6.80. The van der Waals surface area contributed by atoms with Crippen molar-refractivity contribution in [1.29, 1.82) is 0 Å². The molecule has 23 heavy (non-hydrogen) atoms. The van der Waals surface area contributed by atoms with Gasteiger partial charge < -0.3 is 15.7 Å². The van der Waals surface area contributed by atoms with Gasteiger partial charge in [-0.3, -0.25) is 0 Å². The van der Waals surface area contributed by atoms with Crippen molar-refractivity contribution in [3.63, 3.8) is 0 Å². The van der Waals surface area contributed by atoms with Crippen LogP contribution in [0.3, 0.4) is 0 Å². The molecule has 1 fully saturated rings. The van der Waals surface area contributed by atoms with Crippen molar-refractivity contribution in [3.8, 4) is 0 Å². The van der Waals surface area contributed by atoms with Crippen LogP contribution in [0.1, 0.15) is 29.5 Å². The zero-order chi connectivity index (χ0) is 16.1. The van der Waals surface area contributed by atoms with Crippen LogP contribution in [0.25, 0.3) is 0 Å². The average Bonchev–Trinajstić information content (AvgIpc) is 3.27. The standard InChI is InChI=1S/C17H21N3O2S/c21-11-14(10-12-4-2-1-3-5-12)19-17(22)20-15(13-6-7-13)16-18-8-9-23-16/h1-5,8-9,13-15,21H,6-7,10-11H2,(H2,19,20,22). The average molecular weight is 331 g/mol. The van der Waals surface area contributed by atoms with E-state index in [2.05, 4.69) is 15.6 Å². The van der Waals surface area contributed by atoms with Gasteiger partial charge in [0, 0.05) is 11.6 Å². The summed E-state index contributed by atoms with van der Waals surface area (Å²) in [7, 11) is 0. The van der Waals surface area contributed by atoms with E-state index in [1.165, 1.54) is 0 Å². The molecular weight excluding hydrogens is 310 g/mol. The lowest BCUT2D eigenvalue weighted by atomic mass is 10.1. The van der Waals surface area contributed by atoms with Crippen LogP contribution in [0.15, 0.2) is 41.9 Å². The summed E-state index contributed by atoms with van der Waals surface area (Å²) in [6, 6.07) is 9.28. The molecule has 0 saturated heterocycles. The lowest BCUT2D eigenvalue weighted by Crippen LogP contribution is -2.46. The highest BCUT2D eigenvalue weighted by Crippen LogP contribution is 2.41. The van der Waals surface area contributed by atoms with Gasteiger partial charge in [-0.25, -0.2) is 9.78 Å². The molecule has 6 heteroatoms. The quantitative estimate of drug-likeness (QED) is 0.730. The van der Waals surface area contributed by atoms with Crippen LogP contribution < -0.4 is 10.6 Å². The molecule has 1 heterocycles. The minimum Gasteiger partial charge on any atom is -0.394 e. The fourth-order valence-electron chi connectivity index (χ4n) is 2.63. The minimum atomic E-state index is -0.298.